The van der Waals surface area contributed by atoms with Crippen LogP contribution in [0.25, 0.3) is 6.08 Å². The summed E-state index contributed by atoms with van der Waals surface area (Å²) in [7, 11) is 3.04. The molecule has 1 atom stereocenters. The monoisotopic (exact) mass is 406 g/mol. The van der Waals surface area contributed by atoms with Crippen molar-refractivity contribution in [3.8, 4) is 17.2 Å². The van der Waals surface area contributed by atoms with E-state index in [2.05, 4.69) is 10.6 Å². The molecule has 3 N–H and O–H groups in total. The highest BCUT2D eigenvalue weighted by Gasteiger charge is 2.28. The van der Waals surface area contributed by atoms with E-state index in [0.29, 0.717) is 16.2 Å². The van der Waals surface area contributed by atoms with Crippen LogP contribution in [0.5, 0.6) is 17.2 Å². The van der Waals surface area contributed by atoms with Gasteiger partial charge >= 0.3 is 0 Å². The van der Waals surface area contributed by atoms with Crippen LogP contribution in [0.15, 0.2) is 35.2 Å². The van der Waals surface area contributed by atoms with Gasteiger partial charge in [-0.15, -0.1) is 0 Å². The molecule has 0 spiro atoms. The van der Waals surface area contributed by atoms with E-state index in [4.69, 9.17) is 21.1 Å². The number of hydrogen-bond donors (Lipinski definition) is 3. The Morgan fingerprint density at radius 3 is 2.67 bits per heavy atom. The number of phenolic OH excluding ortho intramolecular Hbond substituents is 1. The zero-order chi connectivity index (χ0) is 19.6. The standard InChI is InChI=1S/C19H19ClN2O4S/c1-10-4-5-14(25-2)13(6-10)21-19-22-18(24)16(27-19)9-11-7-12(20)17(23)15(8-11)26-3/h4-9,19,21,23H,1-3H3,(H,22,24)/b16-9-. The van der Waals surface area contributed by atoms with Crippen LogP contribution in [-0.4, -0.2) is 30.7 Å². The van der Waals surface area contributed by atoms with Crippen LogP contribution in [0.3, 0.4) is 0 Å². The first-order valence-corrected chi connectivity index (χ1v) is 9.34. The number of benzene rings is 2. The number of halogens is 1. The van der Waals surface area contributed by atoms with Crippen LogP contribution >= 0.6 is 23.4 Å². The average Bonchev–Trinajstić information content (AvgIpc) is 2.97. The van der Waals surface area contributed by atoms with Crippen molar-refractivity contribution in [1.29, 1.82) is 0 Å². The van der Waals surface area contributed by atoms with E-state index < -0.39 is 0 Å². The fourth-order valence-corrected chi connectivity index (χ4v) is 3.82. The van der Waals surface area contributed by atoms with Crippen molar-refractivity contribution in [3.05, 3.63) is 51.4 Å². The van der Waals surface area contributed by atoms with Crippen molar-refractivity contribution in [1.82, 2.24) is 5.32 Å². The largest absolute Gasteiger partial charge is 0.503 e. The summed E-state index contributed by atoms with van der Waals surface area (Å²) in [6.45, 7) is 1.98. The Balaban J connectivity index is 1.81. The van der Waals surface area contributed by atoms with Gasteiger partial charge in [-0.1, -0.05) is 29.4 Å². The minimum atomic E-state index is -0.339. The lowest BCUT2D eigenvalue weighted by Crippen LogP contribution is -2.31. The van der Waals surface area contributed by atoms with Gasteiger partial charge in [-0.2, -0.15) is 0 Å². The number of phenols is 1. The van der Waals surface area contributed by atoms with E-state index in [9.17, 15) is 9.90 Å². The Kier molecular flexibility index (Phi) is 5.72. The molecule has 1 amide bonds. The second kappa shape index (κ2) is 8.02. The molecule has 142 valence electrons. The van der Waals surface area contributed by atoms with Gasteiger partial charge in [0.05, 0.1) is 29.8 Å². The maximum absolute atomic E-state index is 12.3. The zero-order valence-electron chi connectivity index (χ0n) is 15.0. The molecule has 1 fully saturated rings. The second-order valence-electron chi connectivity index (χ2n) is 5.88. The molecule has 8 heteroatoms. The summed E-state index contributed by atoms with van der Waals surface area (Å²) in [5, 5.41) is 16.1. The Morgan fingerprint density at radius 1 is 1.22 bits per heavy atom. The van der Waals surface area contributed by atoms with E-state index in [1.807, 2.05) is 25.1 Å². The highest BCUT2D eigenvalue weighted by atomic mass is 35.5. The smallest absolute Gasteiger partial charge is 0.260 e. The Bertz CT molecular complexity index is 917. The number of aryl methyl sites for hydroxylation is 1. The maximum atomic E-state index is 12.3. The minimum Gasteiger partial charge on any atom is -0.503 e. The molecule has 6 nitrogen and oxygen atoms in total. The van der Waals surface area contributed by atoms with Gasteiger partial charge in [0.1, 0.15) is 5.75 Å². The molecule has 0 aromatic heterocycles. The number of ether oxygens (including phenoxy) is 2. The number of carbonyl (C=O) groups is 1. The van der Waals surface area contributed by atoms with E-state index in [-0.39, 0.29) is 27.9 Å². The summed E-state index contributed by atoms with van der Waals surface area (Å²) in [4.78, 5) is 12.8. The van der Waals surface area contributed by atoms with Gasteiger partial charge in [-0.05, 0) is 48.4 Å². The maximum Gasteiger partial charge on any atom is 0.260 e. The summed E-state index contributed by atoms with van der Waals surface area (Å²) in [6.07, 6.45) is 1.70. The van der Waals surface area contributed by atoms with Crippen molar-refractivity contribution >= 4 is 41.0 Å². The third kappa shape index (κ3) is 4.26. The van der Waals surface area contributed by atoms with Gasteiger partial charge in [-0.25, -0.2) is 0 Å². The quantitative estimate of drug-likeness (QED) is 0.652. The first kappa shape index (κ1) is 19.3. The highest BCUT2D eigenvalue weighted by molar-refractivity contribution is 8.05. The van der Waals surface area contributed by atoms with Crippen molar-refractivity contribution < 1.29 is 19.4 Å². The highest BCUT2D eigenvalue weighted by Crippen LogP contribution is 2.38. The van der Waals surface area contributed by atoms with Crippen molar-refractivity contribution in [2.45, 2.75) is 12.4 Å². The Hall–Kier alpha value is -2.51. The van der Waals surface area contributed by atoms with Crippen LogP contribution in [-0.2, 0) is 4.79 Å². The topological polar surface area (TPSA) is 79.8 Å². The third-order valence-corrected chi connectivity index (χ3v) is 5.26. The fourth-order valence-electron chi connectivity index (χ4n) is 2.63. The molecule has 1 aliphatic heterocycles. The van der Waals surface area contributed by atoms with Gasteiger partial charge < -0.3 is 25.2 Å². The van der Waals surface area contributed by atoms with Gasteiger partial charge in [0.2, 0.25) is 0 Å². The molecule has 0 radical (unpaired) electrons. The molecule has 2 aromatic carbocycles. The molecule has 27 heavy (non-hydrogen) atoms. The number of aromatic hydroxyl groups is 1. The molecule has 0 saturated carbocycles. The van der Waals surface area contributed by atoms with E-state index in [1.165, 1.54) is 18.9 Å². The zero-order valence-corrected chi connectivity index (χ0v) is 16.6. The Labute approximate surface area is 166 Å². The van der Waals surface area contributed by atoms with E-state index >= 15 is 0 Å². The van der Waals surface area contributed by atoms with Crippen molar-refractivity contribution in [2.75, 3.05) is 19.5 Å². The first-order chi connectivity index (χ1) is 12.9. The van der Waals surface area contributed by atoms with Crippen LogP contribution < -0.4 is 20.1 Å². The summed E-state index contributed by atoms with van der Waals surface area (Å²) in [5.41, 5.74) is 2.19. The number of thioether (sulfide) groups is 1. The number of nitrogens with one attached hydrogen (secondary N) is 2. The molecule has 1 heterocycles. The van der Waals surface area contributed by atoms with Gasteiger partial charge in [0, 0.05) is 0 Å². The van der Waals surface area contributed by atoms with Crippen LogP contribution in [0, 0.1) is 6.92 Å². The van der Waals surface area contributed by atoms with Gasteiger partial charge in [-0.3, -0.25) is 4.79 Å². The predicted octanol–water partition coefficient (Wildman–Crippen LogP) is 3.97. The molecule has 0 aliphatic carbocycles. The van der Waals surface area contributed by atoms with E-state index in [0.717, 1.165) is 11.3 Å². The van der Waals surface area contributed by atoms with Gasteiger partial charge in [0.15, 0.2) is 17.0 Å². The molecular formula is C19H19ClN2O4S. The van der Waals surface area contributed by atoms with Gasteiger partial charge in [0.25, 0.3) is 5.91 Å². The molecule has 1 saturated heterocycles. The lowest BCUT2D eigenvalue weighted by atomic mass is 10.2. The normalized spacial score (nSPS) is 17.7. The third-order valence-electron chi connectivity index (χ3n) is 3.94. The first-order valence-electron chi connectivity index (χ1n) is 8.08. The predicted molar refractivity (Wildman–Crippen MR) is 109 cm³/mol. The summed E-state index contributed by atoms with van der Waals surface area (Å²) >= 11 is 7.36. The lowest BCUT2D eigenvalue weighted by Gasteiger charge is -2.16. The second-order valence-corrected chi connectivity index (χ2v) is 7.44. The molecule has 1 aliphatic rings. The number of hydrogen-bond acceptors (Lipinski definition) is 6. The number of rotatable bonds is 5. The molecule has 1 unspecified atom stereocenters. The Morgan fingerprint density at radius 2 is 1.96 bits per heavy atom. The number of methoxy groups -OCH3 is 2. The number of amides is 1. The summed E-state index contributed by atoms with van der Waals surface area (Å²) in [5.74, 6) is 0.614. The molecule has 3 rings (SSSR count). The lowest BCUT2D eigenvalue weighted by molar-refractivity contribution is -0.116. The van der Waals surface area contributed by atoms with Crippen LogP contribution in [0.4, 0.5) is 5.69 Å². The van der Waals surface area contributed by atoms with E-state index in [1.54, 1.807) is 25.3 Å². The summed E-state index contributed by atoms with van der Waals surface area (Å²) < 4.78 is 10.5. The van der Waals surface area contributed by atoms with Crippen molar-refractivity contribution in [2.24, 2.45) is 0 Å². The molecule has 0 bridgehead atoms. The van der Waals surface area contributed by atoms with Crippen LogP contribution in [0.2, 0.25) is 5.02 Å². The SMILES string of the molecule is COc1ccc(C)cc1NC1NC(=O)/C(=C/c2cc(Cl)c(O)c(OC)c2)S1. The average molecular weight is 407 g/mol. The molecule has 2 aromatic rings. The van der Waals surface area contributed by atoms with Crippen LogP contribution in [0.1, 0.15) is 11.1 Å². The van der Waals surface area contributed by atoms with Crippen molar-refractivity contribution in [3.63, 3.8) is 0 Å². The number of carbonyl (C=O) groups excluding carboxylic acids is 1. The molecular weight excluding hydrogens is 388 g/mol. The number of anilines is 1. The minimum absolute atomic E-state index is 0.129. The summed E-state index contributed by atoms with van der Waals surface area (Å²) in [6, 6.07) is 8.98. The fraction of sp³-hybridized carbons (Fsp3) is 0.211.